The van der Waals surface area contributed by atoms with Gasteiger partial charge in [0.25, 0.3) is 0 Å². The number of nitrogens with one attached hydrogen (secondary N) is 1. The first kappa shape index (κ1) is 20.7. The Kier molecular flexibility index (Phi) is 5.68. The van der Waals surface area contributed by atoms with E-state index in [4.69, 9.17) is 17.0 Å². The van der Waals surface area contributed by atoms with Crippen molar-refractivity contribution in [3.8, 4) is 11.4 Å². The molecule has 0 unspecified atom stereocenters. The first-order valence-electron chi connectivity index (χ1n) is 10.2. The van der Waals surface area contributed by atoms with Crippen molar-refractivity contribution in [1.82, 2.24) is 14.9 Å². The number of thiocarbonyl (C=S) groups is 1. The number of pyridine rings is 1. The maximum Gasteiger partial charge on any atom is 0.174 e. The summed E-state index contributed by atoms with van der Waals surface area (Å²) < 4.78 is 8.59. The number of aromatic nitrogens is 2. The lowest BCUT2D eigenvalue weighted by Crippen LogP contribution is -2.30. The third kappa shape index (κ3) is 3.78. The van der Waals surface area contributed by atoms with Gasteiger partial charge in [-0.2, -0.15) is 0 Å². The molecule has 0 radical (unpaired) electrons. The van der Waals surface area contributed by atoms with Crippen molar-refractivity contribution in [2.45, 2.75) is 12.1 Å². The monoisotopic (exact) mass is 504 g/mol. The van der Waals surface area contributed by atoms with E-state index in [1.54, 1.807) is 7.11 Å². The lowest BCUT2D eigenvalue weighted by molar-refractivity contribution is 0.415. The van der Waals surface area contributed by atoms with Gasteiger partial charge in [-0.15, -0.1) is 0 Å². The number of rotatable bonds is 5. The second-order valence-corrected chi connectivity index (χ2v) is 8.78. The van der Waals surface area contributed by atoms with Crippen molar-refractivity contribution in [2.75, 3.05) is 12.0 Å². The molecule has 32 heavy (non-hydrogen) atoms. The molecular weight excluding hydrogens is 484 g/mol. The fourth-order valence-electron chi connectivity index (χ4n) is 4.17. The van der Waals surface area contributed by atoms with E-state index in [9.17, 15) is 0 Å². The smallest absolute Gasteiger partial charge is 0.174 e. The molecule has 0 saturated carbocycles. The van der Waals surface area contributed by atoms with Gasteiger partial charge in [-0.25, -0.2) is 0 Å². The summed E-state index contributed by atoms with van der Waals surface area (Å²) in [7, 11) is 1.67. The third-order valence-electron chi connectivity index (χ3n) is 5.62. The number of hydrogen-bond acceptors (Lipinski definition) is 3. The predicted molar refractivity (Wildman–Crippen MR) is 134 cm³/mol. The van der Waals surface area contributed by atoms with Gasteiger partial charge in [0.1, 0.15) is 11.8 Å². The van der Waals surface area contributed by atoms with E-state index in [0.717, 1.165) is 33.0 Å². The fraction of sp³-hybridized carbons (Fsp3) is 0.120. The van der Waals surface area contributed by atoms with Crippen LogP contribution in [-0.2, 0) is 0 Å². The van der Waals surface area contributed by atoms with Crippen molar-refractivity contribution < 1.29 is 4.74 Å². The summed E-state index contributed by atoms with van der Waals surface area (Å²) in [6.07, 6.45) is 3.90. The van der Waals surface area contributed by atoms with Crippen LogP contribution >= 0.6 is 28.1 Å². The molecule has 2 aromatic heterocycles. The lowest BCUT2D eigenvalue weighted by Gasteiger charge is -2.29. The summed E-state index contributed by atoms with van der Waals surface area (Å²) >= 11 is 9.43. The van der Waals surface area contributed by atoms with Crippen LogP contribution in [0.2, 0.25) is 0 Å². The molecule has 0 spiro atoms. The van der Waals surface area contributed by atoms with Crippen molar-refractivity contribution in [3.63, 3.8) is 0 Å². The number of anilines is 1. The van der Waals surface area contributed by atoms with Gasteiger partial charge in [0.05, 0.1) is 18.8 Å². The zero-order valence-electron chi connectivity index (χ0n) is 17.4. The Morgan fingerprint density at radius 3 is 2.53 bits per heavy atom. The molecule has 5 rings (SSSR count). The van der Waals surface area contributed by atoms with Crippen LogP contribution in [0.3, 0.4) is 0 Å². The van der Waals surface area contributed by atoms with Gasteiger partial charge < -0.3 is 19.5 Å². The third-order valence-corrected chi connectivity index (χ3v) is 6.43. The zero-order chi connectivity index (χ0) is 22.1. The normalized spacial score (nSPS) is 17.9. The molecule has 4 aromatic rings. The van der Waals surface area contributed by atoms with Gasteiger partial charge in [-0.1, -0.05) is 28.1 Å². The van der Waals surface area contributed by atoms with E-state index in [1.807, 2.05) is 60.8 Å². The molecule has 2 aromatic carbocycles. The first-order chi connectivity index (χ1) is 15.7. The largest absolute Gasteiger partial charge is 0.497 e. The van der Waals surface area contributed by atoms with E-state index in [2.05, 4.69) is 66.2 Å². The summed E-state index contributed by atoms with van der Waals surface area (Å²) in [5.74, 6) is 0.808. The standard InChI is InChI=1S/C25H21BrN4OS/c1-31-20-12-10-18(11-13-20)30-24(23(28-25(30)32)21-8-2-3-14-27-21)22-9-5-15-29(22)19-7-4-6-17(26)16-19/h2-16,23-24H,1H3,(H,28,32)/t23-,24-/m0/s1. The molecule has 1 fully saturated rings. The van der Waals surface area contributed by atoms with E-state index in [1.165, 1.54) is 0 Å². The lowest BCUT2D eigenvalue weighted by atomic mass is 10.0. The molecular formula is C25H21BrN4OS. The molecule has 7 heteroatoms. The molecule has 0 amide bonds. The number of halogens is 1. The highest BCUT2D eigenvalue weighted by Gasteiger charge is 2.42. The Morgan fingerprint density at radius 2 is 1.81 bits per heavy atom. The van der Waals surface area contributed by atoms with Gasteiger partial charge in [0, 0.05) is 33.9 Å². The molecule has 1 aliphatic heterocycles. The average molecular weight is 505 g/mol. The van der Waals surface area contributed by atoms with Crippen LogP contribution < -0.4 is 15.0 Å². The molecule has 3 heterocycles. The second kappa shape index (κ2) is 8.76. The Hall–Kier alpha value is -3.16. The summed E-state index contributed by atoms with van der Waals surface area (Å²) in [6, 6.07) is 26.2. The average Bonchev–Trinajstić information content (AvgIpc) is 3.44. The topological polar surface area (TPSA) is 42.3 Å². The summed E-state index contributed by atoms with van der Waals surface area (Å²) in [5, 5.41) is 4.18. The van der Waals surface area contributed by atoms with Crippen molar-refractivity contribution in [1.29, 1.82) is 0 Å². The van der Waals surface area contributed by atoms with Crippen molar-refractivity contribution in [3.05, 3.63) is 107 Å². The number of methoxy groups -OCH3 is 1. The van der Waals surface area contributed by atoms with Crippen LogP contribution in [0.5, 0.6) is 5.75 Å². The summed E-state index contributed by atoms with van der Waals surface area (Å²) in [4.78, 5) is 6.81. The minimum Gasteiger partial charge on any atom is -0.497 e. The molecule has 2 atom stereocenters. The number of ether oxygens (including phenoxy) is 1. The SMILES string of the molecule is COc1ccc(N2C(=S)N[C@@H](c3ccccn3)[C@@H]2c2cccn2-c2cccc(Br)c2)cc1. The number of hydrogen-bond donors (Lipinski definition) is 1. The van der Waals surface area contributed by atoms with Crippen LogP contribution in [-0.4, -0.2) is 21.8 Å². The molecule has 0 aliphatic carbocycles. The van der Waals surface area contributed by atoms with E-state index >= 15 is 0 Å². The maximum atomic E-state index is 5.83. The minimum atomic E-state index is -0.105. The second-order valence-electron chi connectivity index (χ2n) is 7.48. The Bertz CT molecular complexity index is 1240. The van der Waals surface area contributed by atoms with Gasteiger partial charge in [0.15, 0.2) is 5.11 Å². The van der Waals surface area contributed by atoms with Gasteiger partial charge in [-0.3, -0.25) is 4.98 Å². The Morgan fingerprint density at radius 1 is 0.969 bits per heavy atom. The maximum absolute atomic E-state index is 5.83. The van der Waals surface area contributed by atoms with Crippen LogP contribution in [0.25, 0.3) is 5.69 Å². The van der Waals surface area contributed by atoms with E-state index < -0.39 is 0 Å². The molecule has 160 valence electrons. The molecule has 0 bridgehead atoms. The molecule has 1 aliphatic rings. The first-order valence-corrected chi connectivity index (χ1v) is 11.4. The van der Waals surface area contributed by atoms with Crippen LogP contribution in [0, 0.1) is 0 Å². The van der Waals surface area contributed by atoms with Gasteiger partial charge in [0.2, 0.25) is 0 Å². The number of benzene rings is 2. The Balaban J connectivity index is 1.65. The molecule has 5 nitrogen and oxygen atoms in total. The van der Waals surface area contributed by atoms with E-state index in [-0.39, 0.29) is 12.1 Å². The van der Waals surface area contributed by atoms with Crippen molar-refractivity contribution >= 4 is 38.9 Å². The van der Waals surface area contributed by atoms with Gasteiger partial charge in [-0.05, 0) is 78.9 Å². The highest BCUT2D eigenvalue weighted by atomic mass is 79.9. The highest BCUT2D eigenvalue weighted by molar-refractivity contribution is 9.10. The summed E-state index contributed by atoms with van der Waals surface area (Å²) in [6.45, 7) is 0. The molecule has 1 N–H and O–H groups in total. The van der Waals surface area contributed by atoms with Crippen molar-refractivity contribution in [2.24, 2.45) is 0 Å². The highest BCUT2D eigenvalue weighted by Crippen LogP contribution is 2.42. The van der Waals surface area contributed by atoms with Gasteiger partial charge >= 0.3 is 0 Å². The quantitative estimate of drug-likeness (QED) is 0.346. The van der Waals surface area contributed by atoms with Crippen LogP contribution in [0.4, 0.5) is 5.69 Å². The zero-order valence-corrected chi connectivity index (χ0v) is 19.8. The fourth-order valence-corrected chi connectivity index (χ4v) is 4.91. The van der Waals surface area contributed by atoms with E-state index in [0.29, 0.717) is 5.11 Å². The Labute approximate surface area is 200 Å². The number of nitrogens with zero attached hydrogens (tertiary/aromatic N) is 3. The predicted octanol–water partition coefficient (Wildman–Crippen LogP) is 5.82. The van der Waals surface area contributed by atoms with Crippen LogP contribution in [0.15, 0.2) is 95.7 Å². The minimum absolute atomic E-state index is 0.0974. The molecule has 1 saturated heterocycles. The summed E-state index contributed by atoms with van der Waals surface area (Å²) in [5.41, 5.74) is 4.13. The van der Waals surface area contributed by atoms with Crippen LogP contribution in [0.1, 0.15) is 23.5 Å².